The zero-order valence-electron chi connectivity index (χ0n) is 9.85. The zero-order valence-corrected chi connectivity index (χ0v) is 12.2. The summed E-state index contributed by atoms with van der Waals surface area (Å²) >= 11 is 9.72. The fourth-order valence-corrected chi connectivity index (χ4v) is 2.55. The second-order valence-electron chi connectivity index (χ2n) is 3.92. The second-order valence-corrected chi connectivity index (χ2v) is 5.18. The lowest BCUT2D eigenvalue weighted by atomic mass is 10.1. The summed E-state index contributed by atoms with van der Waals surface area (Å²) in [6.45, 7) is 2.16. The maximum absolute atomic E-state index is 6.22. The molecule has 1 heterocycles. The Bertz CT molecular complexity index is 555. The van der Waals surface area contributed by atoms with E-state index in [2.05, 4.69) is 39.2 Å². The monoisotopic (exact) mass is 312 g/mol. The SMILES string of the molecule is CCCc1cc2c(Cl)ccc(Br)c2nc1NC. The number of aromatic nitrogens is 1. The van der Waals surface area contributed by atoms with E-state index in [1.165, 1.54) is 5.56 Å². The quantitative estimate of drug-likeness (QED) is 0.892. The Labute approximate surface area is 115 Å². The summed E-state index contributed by atoms with van der Waals surface area (Å²) in [4.78, 5) is 4.63. The highest BCUT2D eigenvalue weighted by atomic mass is 79.9. The summed E-state index contributed by atoms with van der Waals surface area (Å²) in [7, 11) is 1.89. The molecule has 0 unspecified atom stereocenters. The molecule has 1 aromatic carbocycles. The number of fused-ring (bicyclic) bond motifs is 1. The molecular weight excluding hydrogens is 300 g/mol. The van der Waals surface area contributed by atoms with E-state index in [1.54, 1.807) is 0 Å². The Morgan fingerprint density at radius 3 is 2.82 bits per heavy atom. The minimum atomic E-state index is 0.746. The third-order valence-electron chi connectivity index (χ3n) is 2.72. The lowest BCUT2D eigenvalue weighted by Crippen LogP contribution is -1.99. The lowest BCUT2D eigenvalue weighted by molar-refractivity contribution is 0.919. The van der Waals surface area contributed by atoms with Crippen molar-refractivity contribution >= 4 is 44.3 Å². The van der Waals surface area contributed by atoms with Crippen LogP contribution in [-0.2, 0) is 6.42 Å². The molecular formula is C13H14BrClN2. The normalized spacial score (nSPS) is 10.8. The van der Waals surface area contributed by atoms with E-state index in [4.69, 9.17) is 11.6 Å². The molecule has 0 bridgehead atoms. The van der Waals surface area contributed by atoms with Gasteiger partial charge in [0.1, 0.15) is 5.82 Å². The summed E-state index contributed by atoms with van der Waals surface area (Å²) < 4.78 is 0.969. The maximum atomic E-state index is 6.22. The fraction of sp³-hybridized carbons (Fsp3) is 0.308. The highest BCUT2D eigenvalue weighted by Crippen LogP contribution is 2.31. The van der Waals surface area contributed by atoms with Crippen LogP contribution in [0, 0.1) is 0 Å². The van der Waals surface area contributed by atoms with Gasteiger partial charge in [0.2, 0.25) is 0 Å². The predicted molar refractivity (Wildman–Crippen MR) is 78.0 cm³/mol. The summed E-state index contributed by atoms with van der Waals surface area (Å²) in [5.41, 5.74) is 2.12. The molecule has 2 nitrogen and oxygen atoms in total. The number of benzene rings is 1. The molecule has 0 amide bonds. The van der Waals surface area contributed by atoms with Crippen LogP contribution < -0.4 is 5.32 Å². The van der Waals surface area contributed by atoms with Gasteiger partial charge < -0.3 is 5.32 Å². The molecule has 2 aromatic rings. The standard InChI is InChI=1S/C13H14BrClN2/c1-3-4-8-7-9-11(15)6-5-10(14)12(9)17-13(8)16-2/h5-7H,3-4H2,1-2H3,(H,16,17). The highest BCUT2D eigenvalue weighted by molar-refractivity contribution is 9.10. The Kier molecular flexibility index (Phi) is 3.89. The van der Waals surface area contributed by atoms with Crippen molar-refractivity contribution in [3.63, 3.8) is 0 Å². The number of rotatable bonds is 3. The topological polar surface area (TPSA) is 24.9 Å². The number of nitrogens with zero attached hydrogens (tertiary/aromatic N) is 1. The largest absolute Gasteiger partial charge is 0.373 e. The minimum absolute atomic E-state index is 0.746. The van der Waals surface area contributed by atoms with Gasteiger partial charge in [-0.25, -0.2) is 4.98 Å². The lowest BCUT2D eigenvalue weighted by Gasteiger charge is -2.11. The van der Waals surface area contributed by atoms with Crippen molar-refractivity contribution in [2.45, 2.75) is 19.8 Å². The number of aryl methyl sites for hydroxylation is 1. The molecule has 0 radical (unpaired) electrons. The number of hydrogen-bond acceptors (Lipinski definition) is 2. The Balaban J connectivity index is 2.73. The molecule has 1 N–H and O–H groups in total. The first-order chi connectivity index (χ1) is 8.17. The van der Waals surface area contributed by atoms with E-state index in [-0.39, 0.29) is 0 Å². The average Bonchev–Trinajstić information content (AvgIpc) is 2.34. The van der Waals surface area contributed by atoms with Crippen LogP contribution in [0.3, 0.4) is 0 Å². The molecule has 0 saturated heterocycles. The van der Waals surface area contributed by atoms with Gasteiger partial charge in [-0.15, -0.1) is 0 Å². The molecule has 0 aliphatic heterocycles. The van der Waals surface area contributed by atoms with Crippen LogP contribution >= 0.6 is 27.5 Å². The molecule has 0 saturated carbocycles. The molecule has 0 atom stereocenters. The maximum Gasteiger partial charge on any atom is 0.129 e. The number of anilines is 1. The van der Waals surface area contributed by atoms with Crippen molar-refractivity contribution in [3.8, 4) is 0 Å². The number of halogens is 2. The molecule has 0 aliphatic rings. The molecule has 0 fully saturated rings. The van der Waals surface area contributed by atoms with Crippen LogP contribution in [0.2, 0.25) is 5.02 Å². The molecule has 17 heavy (non-hydrogen) atoms. The molecule has 90 valence electrons. The van der Waals surface area contributed by atoms with Crippen LogP contribution in [-0.4, -0.2) is 12.0 Å². The van der Waals surface area contributed by atoms with Crippen LogP contribution in [0.5, 0.6) is 0 Å². The van der Waals surface area contributed by atoms with Gasteiger partial charge in [-0.3, -0.25) is 0 Å². The molecule has 1 aromatic heterocycles. The van der Waals surface area contributed by atoms with Crippen LogP contribution in [0.4, 0.5) is 5.82 Å². The third-order valence-corrected chi connectivity index (χ3v) is 3.69. The average molecular weight is 314 g/mol. The zero-order chi connectivity index (χ0) is 12.4. The van der Waals surface area contributed by atoms with Crippen molar-refractivity contribution in [1.82, 2.24) is 4.98 Å². The third kappa shape index (κ3) is 2.40. The van der Waals surface area contributed by atoms with Gasteiger partial charge in [-0.05, 0) is 46.1 Å². The Morgan fingerprint density at radius 2 is 2.18 bits per heavy atom. The minimum Gasteiger partial charge on any atom is -0.373 e. The van der Waals surface area contributed by atoms with Crippen LogP contribution in [0.1, 0.15) is 18.9 Å². The number of hydrogen-bond donors (Lipinski definition) is 1. The summed E-state index contributed by atoms with van der Waals surface area (Å²) in [6, 6.07) is 5.95. The van der Waals surface area contributed by atoms with Gasteiger partial charge in [0.25, 0.3) is 0 Å². The van der Waals surface area contributed by atoms with E-state index in [0.29, 0.717) is 0 Å². The molecule has 4 heteroatoms. The summed E-state index contributed by atoms with van der Waals surface area (Å²) in [5.74, 6) is 0.933. The van der Waals surface area contributed by atoms with Crippen molar-refractivity contribution < 1.29 is 0 Å². The van der Waals surface area contributed by atoms with Crippen molar-refractivity contribution in [1.29, 1.82) is 0 Å². The van der Waals surface area contributed by atoms with Crippen molar-refractivity contribution in [2.24, 2.45) is 0 Å². The van der Waals surface area contributed by atoms with Gasteiger partial charge in [0.15, 0.2) is 0 Å². The molecule has 0 aliphatic carbocycles. The Hall–Kier alpha value is -0.800. The predicted octanol–water partition coefficient (Wildman–Crippen LogP) is 4.64. The molecule has 0 spiro atoms. The Morgan fingerprint density at radius 1 is 1.41 bits per heavy atom. The second kappa shape index (κ2) is 5.23. The van der Waals surface area contributed by atoms with Crippen LogP contribution in [0.25, 0.3) is 10.9 Å². The van der Waals surface area contributed by atoms with Gasteiger partial charge >= 0.3 is 0 Å². The fourth-order valence-electron chi connectivity index (χ4n) is 1.91. The van der Waals surface area contributed by atoms with Crippen molar-refractivity contribution in [2.75, 3.05) is 12.4 Å². The first kappa shape index (κ1) is 12.7. The van der Waals surface area contributed by atoms with E-state index in [1.807, 2.05) is 19.2 Å². The number of pyridine rings is 1. The van der Waals surface area contributed by atoms with Crippen molar-refractivity contribution in [3.05, 3.63) is 33.3 Å². The molecule has 2 rings (SSSR count). The van der Waals surface area contributed by atoms with Gasteiger partial charge in [0.05, 0.1) is 10.5 Å². The van der Waals surface area contributed by atoms with Gasteiger partial charge in [0, 0.05) is 16.9 Å². The first-order valence-corrected chi connectivity index (χ1v) is 6.79. The van der Waals surface area contributed by atoms with E-state index in [9.17, 15) is 0 Å². The smallest absolute Gasteiger partial charge is 0.129 e. The highest BCUT2D eigenvalue weighted by Gasteiger charge is 2.09. The summed E-state index contributed by atoms with van der Waals surface area (Å²) in [6.07, 6.45) is 2.09. The van der Waals surface area contributed by atoms with E-state index in [0.717, 1.165) is 39.1 Å². The number of nitrogens with one attached hydrogen (secondary N) is 1. The summed E-state index contributed by atoms with van der Waals surface area (Å²) in [5, 5.41) is 4.89. The first-order valence-electron chi connectivity index (χ1n) is 5.62. The van der Waals surface area contributed by atoms with E-state index < -0.39 is 0 Å². The van der Waals surface area contributed by atoms with Gasteiger partial charge in [-0.1, -0.05) is 24.9 Å². The van der Waals surface area contributed by atoms with Gasteiger partial charge in [-0.2, -0.15) is 0 Å². The van der Waals surface area contributed by atoms with E-state index >= 15 is 0 Å². The van der Waals surface area contributed by atoms with Crippen LogP contribution in [0.15, 0.2) is 22.7 Å².